The summed E-state index contributed by atoms with van der Waals surface area (Å²) in [7, 11) is 3.09. The van der Waals surface area contributed by atoms with Gasteiger partial charge in [-0.1, -0.05) is 19.3 Å². The summed E-state index contributed by atoms with van der Waals surface area (Å²) in [6, 6.07) is 0. The Hall–Kier alpha value is 0.530. The largest absolute Gasteiger partial charge is 0.326 e. The second-order valence-corrected chi connectivity index (χ2v) is 6.84. The predicted molar refractivity (Wildman–Crippen MR) is 60.8 cm³/mol. The molecule has 0 aliphatic heterocycles. The van der Waals surface area contributed by atoms with Gasteiger partial charge in [0.2, 0.25) is 0 Å². The van der Waals surface area contributed by atoms with Gasteiger partial charge in [0.1, 0.15) is 0 Å². The molecule has 0 spiro atoms. The Bertz CT molecular complexity index is 196. The van der Waals surface area contributed by atoms with Gasteiger partial charge in [0.25, 0.3) is 0 Å². The molecule has 3 nitrogen and oxygen atoms in total. The molecular formula is C9H19O3PS. The van der Waals surface area contributed by atoms with E-state index in [0.29, 0.717) is 12.5 Å². The zero-order valence-corrected chi connectivity index (χ0v) is 10.6. The first-order valence-corrected chi connectivity index (χ1v) is 7.62. The molecule has 1 saturated carbocycles. The quantitative estimate of drug-likeness (QED) is 0.688. The van der Waals surface area contributed by atoms with Crippen LogP contribution in [0.1, 0.15) is 32.1 Å². The van der Waals surface area contributed by atoms with E-state index in [-0.39, 0.29) is 0 Å². The fourth-order valence-corrected chi connectivity index (χ4v) is 2.67. The summed E-state index contributed by atoms with van der Waals surface area (Å²) < 4.78 is 15.7. The fraction of sp³-hybridized carbons (Fsp3) is 1.00. The highest BCUT2D eigenvalue weighted by Gasteiger charge is 2.20. The van der Waals surface area contributed by atoms with Gasteiger partial charge in [-0.2, -0.15) is 0 Å². The third kappa shape index (κ3) is 3.95. The molecule has 1 aliphatic carbocycles. The second kappa shape index (κ2) is 6.19. The van der Waals surface area contributed by atoms with Gasteiger partial charge in [-0.05, 0) is 30.6 Å². The van der Waals surface area contributed by atoms with E-state index in [1.165, 1.54) is 32.1 Å². The van der Waals surface area contributed by atoms with Gasteiger partial charge in [0.05, 0.1) is 6.61 Å². The molecule has 0 unspecified atom stereocenters. The van der Waals surface area contributed by atoms with Gasteiger partial charge >= 0.3 is 6.72 Å². The highest BCUT2D eigenvalue weighted by Crippen LogP contribution is 2.48. The second-order valence-electron chi connectivity index (χ2n) is 3.61. The molecule has 0 saturated heterocycles. The molecule has 5 heteroatoms. The van der Waals surface area contributed by atoms with Crippen molar-refractivity contribution in [3.05, 3.63) is 0 Å². The Morgan fingerprint density at radius 2 is 1.71 bits per heavy atom. The van der Waals surface area contributed by atoms with Gasteiger partial charge in [-0.15, -0.1) is 0 Å². The summed E-state index contributed by atoms with van der Waals surface area (Å²) in [5, 5.41) is 0. The molecule has 0 radical (unpaired) electrons. The van der Waals surface area contributed by atoms with Gasteiger partial charge in [0.15, 0.2) is 0 Å². The zero-order valence-electron chi connectivity index (χ0n) is 8.90. The number of hydrogen-bond donors (Lipinski definition) is 0. The minimum absolute atomic E-state index is 0.649. The van der Waals surface area contributed by atoms with Crippen LogP contribution >= 0.6 is 6.72 Å². The molecule has 84 valence electrons. The van der Waals surface area contributed by atoms with Crippen molar-refractivity contribution in [3.63, 3.8) is 0 Å². The standard InChI is InChI=1S/C9H19O3PS/c1-10-13(14,11-2)12-8-9-6-4-3-5-7-9/h9H,3-8H2,1-2H3. The molecule has 1 rings (SSSR count). The smallest absolute Gasteiger partial charge is 0.312 e. The van der Waals surface area contributed by atoms with Crippen LogP contribution in [0.2, 0.25) is 0 Å². The van der Waals surface area contributed by atoms with Crippen molar-refractivity contribution in [1.29, 1.82) is 0 Å². The van der Waals surface area contributed by atoms with E-state index < -0.39 is 6.72 Å². The van der Waals surface area contributed by atoms with Crippen molar-refractivity contribution < 1.29 is 13.6 Å². The molecule has 1 fully saturated rings. The molecule has 0 N–H and O–H groups in total. The Morgan fingerprint density at radius 1 is 1.14 bits per heavy atom. The first-order chi connectivity index (χ1) is 6.70. The van der Waals surface area contributed by atoms with Crippen molar-refractivity contribution in [2.45, 2.75) is 32.1 Å². The lowest BCUT2D eigenvalue weighted by atomic mass is 9.90. The minimum atomic E-state index is -2.41. The highest BCUT2D eigenvalue weighted by molar-refractivity contribution is 8.07. The number of hydrogen-bond acceptors (Lipinski definition) is 4. The summed E-state index contributed by atoms with van der Waals surface area (Å²) in [4.78, 5) is 0. The van der Waals surface area contributed by atoms with E-state index in [4.69, 9.17) is 25.4 Å². The maximum Gasteiger partial charge on any atom is 0.326 e. The third-order valence-corrected chi connectivity index (χ3v) is 5.21. The first-order valence-electron chi connectivity index (χ1n) is 5.06. The molecule has 0 amide bonds. The molecule has 0 bridgehead atoms. The van der Waals surface area contributed by atoms with E-state index in [9.17, 15) is 0 Å². The summed E-state index contributed by atoms with van der Waals surface area (Å²) in [6.07, 6.45) is 6.50. The van der Waals surface area contributed by atoms with Gasteiger partial charge in [-0.3, -0.25) is 0 Å². The van der Waals surface area contributed by atoms with E-state index in [1.54, 1.807) is 14.2 Å². The summed E-state index contributed by atoms with van der Waals surface area (Å²) in [5.74, 6) is 0.649. The fourth-order valence-electron chi connectivity index (χ4n) is 1.73. The van der Waals surface area contributed by atoms with Crippen LogP contribution in [0.15, 0.2) is 0 Å². The van der Waals surface area contributed by atoms with Crippen LogP contribution in [0.4, 0.5) is 0 Å². The maximum atomic E-state index is 5.55. The van der Waals surface area contributed by atoms with Crippen LogP contribution in [0.3, 0.4) is 0 Å². The van der Waals surface area contributed by atoms with Crippen LogP contribution in [-0.2, 0) is 25.4 Å². The molecule has 0 aromatic heterocycles. The van der Waals surface area contributed by atoms with Crippen molar-refractivity contribution in [2.24, 2.45) is 5.92 Å². The topological polar surface area (TPSA) is 27.7 Å². The number of rotatable bonds is 5. The van der Waals surface area contributed by atoms with E-state index in [1.807, 2.05) is 0 Å². The molecule has 0 aromatic rings. The van der Waals surface area contributed by atoms with Crippen LogP contribution in [-0.4, -0.2) is 20.8 Å². The average molecular weight is 238 g/mol. The van der Waals surface area contributed by atoms with Gasteiger partial charge in [-0.25, -0.2) is 0 Å². The minimum Gasteiger partial charge on any atom is -0.312 e. The van der Waals surface area contributed by atoms with Gasteiger partial charge in [0, 0.05) is 14.2 Å². The normalized spacial score (nSPS) is 19.9. The first kappa shape index (κ1) is 12.6. The molecule has 0 aromatic carbocycles. The van der Waals surface area contributed by atoms with Crippen LogP contribution in [0.5, 0.6) is 0 Å². The van der Waals surface area contributed by atoms with Crippen molar-refractivity contribution in [1.82, 2.24) is 0 Å². The van der Waals surface area contributed by atoms with E-state index in [2.05, 4.69) is 0 Å². The zero-order chi connectivity index (χ0) is 10.4. The van der Waals surface area contributed by atoms with E-state index in [0.717, 1.165) is 0 Å². The monoisotopic (exact) mass is 238 g/mol. The lowest BCUT2D eigenvalue weighted by molar-refractivity contribution is 0.157. The lowest BCUT2D eigenvalue weighted by Crippen LogP contribution is -2.13. The van der Waals surface area contributed by atoms with Crippen molar-refractivity contribution in [3.8, 4) is 0 Å². The predicted octanol–water partition coefficient (Wildman–Crippen LogP) is 3.10. The molecule has 0 heterocycles. The van der Waals surface area contributed by atoms with Crippen LogP contribution in [0.25, 0.3) is 0 Å². The molecular weight excluding hydrogens is 219 g/mol. The summed E-state index contributed by atoms with van der Waals surface area (Å²) in [6.45, 7) is -1.72. The summed E-state index contributed by atoms with van der Waals surface area (Å²) in [5.41, 5.74) is 0. The highest BCUT2D eigenvalue weighted by atomic mass is 32.5. The van der Waals surface area contributed by atoms with Crippen LogP contribution in [0, 0.1) is 5.92 Å². The Labute approximate surface area is 91.4 Å². The average Bonchev–Trinajstić information content (AvgIpc) is 2.27. The Morgan fingerprint density at radius 3 is 2.21 bits per heavy atom. The molecule has 14 heavy (non-hydrogen) atoms. The summed E-state index contributed by atoms with van der Waals surface area (Å²) >= 11 is 5.12. The SMILES string of the molecule is COP(=S)(OC)OCC1CCCCC1. The van der Waals surface area contributed by atoms with Crippen LogP contribution < -0.4 is 0 Å². The molecule has 0 atom stereocenters. The maximum absolute atomic E-state index is 5.55. The Balaban J connectivity index is 2.27. The van der Waals surface area contributed by atoms with E-state index >= 15 is 0 Å². The molecule has 1 aliphatic rings. The van der Waals surface area contributed by atoms with Crippen molar-refractivity contribution in [2.75, 3.05) is 20.8 Å². The Kier molecular flexibility index (Phi) is 5.57. The third-order valence-electron chi connectivity index (χ3n) is 2.64. The van der Waals surface area contributed by atoms with Gasteiger partial charge < -0.3 is 13.6 Å². The van der Waals surface area contributed by atoms with Crippen molar-refractivity contribution >= 4 is 18.5 Å². The lowest BCUT2D eigenvalue weighted by Gasteiger charge is -2.24.